The average Bonchev–Trinajstić information content (AvgIpc) is 2.55. The number of hydrazine groups is 1. The Labute approximate surface area is 126 Å². The van der Waals surface area contributed by atoms with Gasteiger partial charge in [0.25, 0.3) is 0 Å². The molecule has 0 aliphatic rings. The highest BCUT2D eigenvalue weighted by Crippen LogP contribution is 2.07. The average molecular weight is 294 g/mol. The lowest BCUT2D eigenvalue weighted by molar-refractivity contribution is 0.831. The third kappa shape index (κ3) is 2.93. The van der Waals surface area contributed by atoms with Gasteiger partial charge in [-0.1, -0.05) is 24.3 Å². The maximum atomic E-state index is 12.1. The fourth-order valence-corrected chi connectivity index (χ4v) is 1.92. The number of rotatable bonds is 4. The zero-order chi connectivity index (χ0) is 15.4. The van der Waals surface area contributed by atoms with Crippen LogP contribution < -0.4 is 16.5 Å². The number of aryl methyl sites for hydroxylation is 1. The lowest BCUT2D eigenvalue weighted by Gasteiger charge is -2.09. The van der Waals surface area contributed by atoms with Crippen molar-refractivity contribution < 1.29 is 0 Å². The Balaban J connectivity index is 1.81. The van der Waals surface area contributed by atoms with Crippen molar-refractivity contribution in [2.45, 2.75) is 6.92 Å². The molecule has 0 saturated carbocycles. The molecule has 3 aromatic rings. The van der Waals surface area contributed by atoms with Gasteiger partial charge in [-0.2, -0.15) is 4.98 Å². The molecule has 2 aromatic heterocycles. The van der Waals surface area contributed by atoms with Gasteiger partial charge in [-0.3, -0.25) is 10.9 Å². The Morgan fingerprint density at radius 3 is 2.55 bits per heavy atom. The van der Waals surface area contributed by atoms with E-state index in [0.29, 0.717) is 5.82 Å². The molecule has 7 heteroatoms. The topological polar surface area (TPSA) is 84.7 Å². The van der Waals surface area contributed by atoms with Gasteiger partial charge in [0, 0.05) is 6.20 Å². The lowest BCUT2D eigenvalue weighted by Crippen LogP contribution is -2.25. The summed E-state index contributed by atoms with van der Waals surface area (Å²) in [4.78, 5) is 24.3. The van der Waals surface area contributed by atoms with E-state index in [1.807, 2.05) is 49.4 Å². The second kappa shape index (κ2) is 6.04. The van der Waals surface area contributed by atoms with Crippen molar-refractivity contribution in [3.05, 3.63) is 71.0 Å². The number of para-hydroxylation sites is 1. The van der Waals surface area contributed by atoms with Crippen molar-refractivity contribution in [3.63, 3.8) is 0 Å². The van der Waals surface area contributed by atoms with Crippen molar-refractivity contribution in [1.29, 1.82) is 0 Å². The first kappa shape index (κ1) is 13.7. The van der Waals surface area contributed by atoms with E-state index in [2.05, 4.69) is 25.8 Å². The standard InChI is InChI=1S/C15H14N6O/c1-11-6-5-9-16-13(11)21-10-17-14(18-15(21)22)20-19-12-7-3-2-4-8-12/h2-10,19H,1H3,(H,18,20,22). The van der Waals surface area contributed by atoms with Crippen molar-refractivity contribution in [1.82, 2.24) is 19.5 Å². The van der Waals surface area contributed by atoms with Crippen molar-refractivity contribution >= 4 is 11.6 Å². The molecule has 0 spiro atoms. The van der Waals surface area contributed by atoms with E-state index in [9.17, 15) is 4.79 Å². The molecule has 0 fully saturated rings. The molecule has 22 heavy (non-hydrogen) atoms. The van der Waals surface area contributed by atoms with Crippen LogP contribution in [0.3, 0.4) is 0 Å². The number of nitrogens with one attached hydrogen (secondary N) is 2. The van der Waals surface area contributed by atoms with Crippen LogP contribution in [-0.2, 0) is 0 Å². The summed E-state index contributed by atoms with van der Waals surface area (Å²) in [6.45, 7) is 1.87. The monoisotopic (exact) mass is 294 g/mol. The molecular weight excluding hydrogens is 280 g/mol. The number of pyridine rings is 1. The molecule has 0 bridgehead atoms. The first-order valence-corrected chi connectivity index (χ1v) is 6.69. The van der Waals surface area contributed by atoms with Gasteiger partial charge in [-0.05, 0) is 30.7 Å². The van der Waals surface area contributed by atoms with Crippen molar-refractivity contribution in [3.8, 4) is 5.82 Å². The SMILES string of the molecule is Cc1cccnc1-n1cnc(NNc2ccccc2)nc1=O. The van der Waals surface area contributed by atoms with Crippen molar-refractivity contribution in [2.24, 2.45) is 0 Å². The Morgan fingerprint density at radius 2 is 1.82 bits per heavy atom. The quantitative estimate of drug-likeness (QED) is 0.713. The first-order valence-electron chi connectivity index (χ1n) is 6.69. The molecule has 1 aromatic carbocycles. The van der Waals surface area contributed by atoms with Gasteiger partial charge in [-0.15, -0.1) is 0 Å². The lowest BCUT2D eigenvalue weighted by atomic mass is 10.3. The van der Waals surface area contributed by atoms with Gasteiger partial charge in [-0.25, -0.2) is 19.3 Å². The van der Waals surface area contributed by atoms with Crippen LogP contribution >= 0.6 is 0 Å². The van der Waals surface area contributed by atoms with Crippen LogP contribution in [0.5, 0.6) is 0 Å². The summed E-state index contributed by atoms with van der Waals surface area (Å²) in [7, 11) is 0. The van der Waals surface area contributed by atoms with Crippen LogP contribution in [0.4, 0.5) is 11.6 Å². The highest BCUT2D eigenvalue weighted by atomic mass is 16.1. The summed E-state index contributed by atoms with van der Waals surface area (Å²) >= 11 is 0. The van der Waals surface area contributed by atoms with Crippen LogP contribution in [0.1, 0.15) is 5.56 Å². The largest absolute Gasteiger partial charge is 0.357 e. The molecule has 0 aliphatic carbocycles. The number of nitrogens with zero attached hydrogens (tertiary/aromatic N) is 4. The number of anilines is 2. The highest BCUT2D eigenvalue weighted by Gasteiger charge is 2.07. The molecule has 0 amide bonds. The van der Waals surface area contributed by atoms with E-state index < -0.39 is 5.69 Å². The van der Waals surface area contributed by atoms with Crippen LogP contribution in [0, 0.1) is 6.92 Å². The van der Waals surface area contributed by atoms with E-state index >= 15 is 0 Å². The zero-order valence-electron chi connectivity index (χ0n) is 11.9. The molecule has 0 radical (unpaired) electrons. The van der Waals surface area contributed by atoms with Gasteiger partial charge in [0.15, 0.2) is 0 Å². The molecule has 2 N–H and O–H groups in total. The molecule has 3 rings (SSSR count). The molecule has 0 unspecified atom stereocenters. The molecular formula is C15H14N6O. The smallest absolute Gasteiger partial charge is 0.298 e. The summed E-state index contributed by atoms with van der Waals surface area (Å²) in [5.74, 6) is 0.716. The predicted octanol–water partition coefficient (Wildman–Crippen LogP) is 1.77. The van der Waals surface area contributed by atoms with E-state index in [4.69, 9.17) is 0 Å². The van der Waals surface area contributed by atoms with Crippen LogP contribution in [0.15, 0.2) is 59.8 Å². The minimum absolute atomic E-state index is 0.193. The molecule has 0 atom stereocenters. The number of hydrogen-bond acceptors (Lipinski definition) is 6. The number of aromatic nitrogens is 4. The third-order valence-corrected chi connectivity index (χ3v) is 3.01. The fourth-order valence-electron chi connectivity index (χ4n) is 1.92. The van der Waals surface area contributed by atoms with Gasteiger partial charge in [0.2, 0.25) is 5.95 Å². The van der Waals surface area contributed by atoms with E-state index in [0.717, 1.165) is 11.3 Å². The minimum Gasteiger partial charge on any atom is -0.298 e. The van der Waals surface area contributed by atoms with E-state index in [-0.39, 0.29) is 5.95 Å². The maximum absolute atomic E-state index is 12.1. The second-order valence-electron chi connectivity index (χ2n) is 4.59. The number of benzene rings is 1. The molecule has 110 valence electrons. The Hall–Kier alpha value is -3.22. The molecule has 2 heterocycles. The second-order valence-corrected chi connectivity index (χ2v) is 4.59. The van der Waals surface area contributed by atoms with E-state index in [1.54, 1.807) is 6.20 Å². The Kier molecular flexibility index (Phi) is 3.78. The summed E-state index contributed by atoms with van der Waals surface area (Å²) in [5, 5.41) is 0. The van der Waals surface area contributed by atoms with Gasteiger partial charge in [0.1, 0.15) is 12.1 Å². The fraction of sp³-hybridized carbons (Fsp3) is 0.0667. The van der Waals surface area contributed by atoms with E-state index in [1.165, 1.54) is 10.9 Å². The van der Waals surface area contributed by atoms with Gasteiger partial charge < -0.3 is 0 Å². The molecule has 7 nitrogen and oxygen atoms in total. The Bertz CT molecular complexity index is 831. The normalized spacial score (nSPS) is 10.2. The number of hydrogen-bond donors (Lipinski definition) is 2. The first-order chi connectivity index (χ1) is 10.7. The molecule has 0 aliphatic heterocycles. The summed E-state index contributed by atoms with van der Waals surface area (Å²) in [6, 6.07) is 13.1. The highest BCUT2D eigenvalue weighted by molar-refractivity contribution is 5.46. The zero-order valence-corrected chi connectivity index (χ0v) is 11.9. The third-order valence-electron chi connectivity index (χ3n) is 3.01. The summed E-state index contributed by atoms with van der Waals surface area (Å²) in [5.41, 5.74) is 6.97. The van der Waals surface area contributed by atoms with Crippen LogP contribution in [0.25, 0.3) is 5.82 Å². The predicted molar refractivity (Wildman–Crippen MR) is 83.8 cm³/mol. The Morgan fingerprint density at radius 1 is 1.00 bits per heavy atom. The van der Waals surface area contributed by atoms with Crippen LogP contribution in [-0.4, -0.2) is 19.5 Å². The minimum atomic E-state index is -0.450. The van der Waals surface area contributed by atoms with Gasteiger partial charge >= 0.3 is 5.69 Å². The van der Waals surface area contributed by atoms with Crippen LogP contribution in [0.2, 0.25) is 0 Å². The van der Waals surface area contributed by atoms with Crippen molar-refractivity contribution in [2.75, 3.05) is 10.9 Å². The summed E-state index contributed by atoms with van der Waals surface area (Å²) in [6.07, 6.45) is 3.03. The van der Waals surface area contributed by atoms with Gasteiger partial charge in [0.05, 0.1) is 5.69 Å². The maximum Gasteiger partial charge on any atom is 0.357 e. The molecule has 0 saturated heterocycles. The summed E-state index contributed by atoms with van der Waals surface area (Å²) < 4.78 is 1.31.